The van der Waals surface area contributed by atoms with E-state index in [0.717, 1.165) is 76.9 Å². The summed E-state index contributed by atoms with van der Waals surface area (Å²) in [5.41, 5.74) is 1.43. The van der Waals surface area contributed by atoms with Crippen LogP contribution in [-0.4, -0.2) is 64.6 Å². The van der Waals surface area contributed by atoms with Crippen molar-refractivity contribution in [3.8, 4) is 0 Å². The highest BCUT2D eigenvalue weighted by molar-refractivity contribution is 5.80. The molecule has 0 radical (unpaired) electrons. The van der Waals surface area contributed by atoms with Crippen molar-refractivity contribution in [2.45, 2.75) is 52.6 Å². The number of nitrogens with zero attached hydrogens (tertiary/aromatic N) is 5. The summed E-state index contributed by atoms with van der Waals surface area (Å²) >= 11 is 0. The number of aromatic nitrogens is 2. The zero-order chi connectivity index (χ0) is 21.2. The minimum Gasteiger partial charge on any atom is -0.357 e. The normalized spacial score (nSPS) is 16.6. The van der Waals surface area contributed by atoms with Crippen LogP contribution in [0.3, 0.4) is 0 Å². The van der Waals surface area contributed by atoms with Gasteiger partial charge in [0.1, 0.15) is 5.82 Å². The number of hydrogen-bond donors (Lipinski definition) is 1. The van der Waals surface area contributed by atoms with Gasteiger partial charge < -0.3 is 14.8 Å². The molecule has 1 aromatic heterocycles. The van der Waals surface area contributed by atoms with Gasteiger partial charge in [0.2, 0.25) is 0 Å². The Labute approximate surface area is 182 Å². The van der Waals surface area contributed by atoms with Gasteiger partial charge in [0.05, 0.1) is 0 Å². The molecule has 1 atom stereocenters. The zero-order valence-corrected chi connectivity index (χ0v) is 18.9. The SMILES string of the molecule is CCNC(=NCCCCn1ccnc1C)N1CCN(C(CC)c2ccccc2)CC1. The standard InChI is InChI=1S/C24H38N6/c1-4-23(22-11-7-6-8-12-22)29-17-19-30(20-18-29)24(25-5-2)27-13-9-10-15-28-16-14-26-21(28)3/h6-8,11-12,14,16,23H,4-5,9-10,13,15,17-20H2,1-3H3,(H,25,27). The fraction of sp³-hybridized carbons (Fsp3) is 0.583. The monoisotopic (exact) mass is 410 g/mol. The van der Waals surface area contributed by atoms with Gasteiger partial charge in [-0.25, -0.2) is 4.98 Å². The minimum absolute atomic E-state index is 0.513. The summed E-state index contributed by atoms with van der Waals surface area (Å²) < 4.78 is 2.21. The third kappa shape index (κ3) is 6.08. The Kier molecular flexibility index (Phi) is 8.75. The maximum Gasteiger partial charge on any atom is 0.194 e. The molecule has 1 aliphatic heterocycles. The van der Waals surface area contributed by atoms with E-state index in [2.05, 4.69) is 82.0 Å². The molecule has 0 spiro atoms. The first-order valence-electron chi connectivity index (χ1n) is 11.5. The number of piperazine rings is 1. The first-order chi connectivity index (χ1) is 14.7. The molecule has 0 aliphatic carbocycles. The van der Waals surface area contributed by atoms with Crippen LogP contribution in [0, 0.1) is 6.92 Å². The van der Waals surface area contributed by atoms with Crippen molar-refractivity contribution in [1.29, 1.82) is 0 Å². The van der Waals surface area contributed by atoms with Crippen LogP contribution in [0.1, 0.15) is 50.5 Å². The number of nitrogens with one attached hydrogen (secondary N) is 1. The number of aryl methyl sites for hydroxylation is 2. The minimum atomic E-state index is 0.513. The molecule has 6 nitrogen and oxygen atoms in total. The van der Waals surface area contributed by atoms with Gasteiger partial charge >= 0.3 is 0 Å². The average molecular weight is 411 g/mol. The van der Waals surface area contributed by atoms with Gasteiger partial charge in [-0.1, -0.05) is 37.3 Å². The van der Waals surface area contributed by atoms with Gasteiger partial charge in [-0.3, -0.25) is 9.89 Å². The van der Waals surface area contributed by atoms with Crippen molar-refractivity contribution in [3.63, 3.8) is 0 Å². The van der Waals surface area contributed by atoms with Crippen LogP contribution in [0.5, 0.6) is 0 Å². The van der Waals surface area contributed by atoms with Gasteiger partial charge in [0.15, 0.2) is 5.96 Å². The lowest BCUT2D eigenvalue weighted by Gasteiger charge is -2.40. The summed E-state index contributed by atoms with van der Waals surface area (Å²) in [6.45, 7) is 13.5. The molecule has 1 N–H and O–H groups in total. The number of hydrogen-bond acceptors (Lipinski definition) is 3. The molecule has 6 heteroatoms. The van der Waals surface area contributed by atoms with Gasteiger partial charge in [-0.05, 0) is 38.7 Å². The van der Waals surface area contributed by atoms with E-state index in [-0.39, 0.29) is 0 Å². The highest BCUT2D eigenvalue weighted by Crippen LogP contribution is 2.25. The second kappa shape index (κ2) is 11.7. The summed E-state index contributed by atoms with van der Waals surface area (Å²) in [5, 5.41) is 3.50. The van der Waals surface area contributed by atoms with Crippen molar-refractivity contribution in [1.82, 2.24) is 24.7 Å². The Balaban J connectivity index is 1.48. The summed E-state index contributed by atoms with van der Waals surface area (Å²) in [7, 11) is 0. The van der Waals surface area contributed by atoms with E-state index in [4.69, 9.17) is 4.99 Å². The van der Waals surface area contributed by atoms with Gasteiger partial charge in [-0.15, -0.1) is 0 Å². The highest BCUT2D eigenvalue weighted by Gasteiger charge is 2.25. The Morgan fingerprint density at radius 2 is 1.87 bits per heavy atom. The lowest BCUT2D eigenvalue weighted by Crippen LogP contribution is -2.53. The predicted molar refractivity (Wildman–Crippen MR) is 125 cm³/mol. The number of rotatable bonds is 9. The lowest BCUT2D eigenvalue weighted by atomic mass is 10.0. The fourth-order valence-electron chi connectivity index (χ4n) is 4.27. The molecule has 30 heavy (non-hydrogen) atoms. The molecule has 1 saturated heterocycles. The molecule has 2 heterocycles. The lowest BCUT2D eigenvalue weighted by molar-refractivity contribution is 0.127. The highest BCUT2D eigenvalue weighted by atomic mass is 15.4. The first-order valence-corrected chi connectivity index (χ1v) is 11.5. The molecule has 1 unspecified atom stereocenters. The molecule has 2 aromatic rings. The quantitative estimate of drug-likeness (QED) is 0.389. The van der Waals surface area contributed by atoms with Crippen molar-refractivity contribution >= 4 is 5.96 Å². The average Bonchev–Trinajstić information content (AvgIpc) is 3.19. The van der Waals surface area contributed by atoms with E-state index in [9.17, 15) is 0 Å². The smallest absolute Gasteiger partial charge is 0.194 e. The number of imidazole rings is 1. The second-order valence-electron chi connectivity index (χ2n) is 7.97. The molecule has 0 saturated carbocycles. The maximum absolute atomic E-state index is 4.91. The van der Waals surface area contributed by atoms with Gasteiger partial charge in [0, 0.05) is 64.2 Å². The topological polar surface area (TPSA) is 48.7 Å². The summed E-state index contributed by atoms with van der Waals surface area (Å²) in [6.07, 6.45) is 7.30. The number of aliphatic imine (C=N–C) groups is 1. The van der Waals surface area contributed by atoms with E-state index >= 15 is 0 Å². The van der Waals surface area contributed by atoms with E-state index in [1.165, 1.54) is 5.56 Å². The van der Waals surface area contributed by atoms with E-state index in [1.807, 2.05) is 6.20 Å². The summed E-state index contributed by atoms with van der Waals surface area (Å²) in [4.78, 5) is 14.3. The Bertz CT molecular complexity index is 761. The number of guanidine groups is 1. The third-order valence-corrected chi connectivity index (χ3v) is 5.95. The van der Waals surface area contributed by atoms with Crippen LogP contribution in [0.15, 0.2) is 47.7 Å². The first kappa shape index (κ1) is 22.3. The molecule has 1 fully saturated rings. The van der Waals surface area contributed by atoms with Crippen molar-refractivity contribution < 1.29 is 0 Å². The van der Waals surface area contributed by atoms with Crippen LogP contribution in [-0.2, 0) is 6.54 Å². The Hall–Kier alpha value is -2.34. The van der Waals surface area contributed by atoms with Crippen molar-refractivity contribution in [2.75, 3.05) is 39.3 Å². The van der Waals surface area contributed by atoms with Crippen LogP contribution in [0.4, 0.5) is 0 Å². The Morgan fingerprint density at radius 3 is 2.50 bits per heavy atom. The van der Waals surface area contributed by atoms with E-state index in [1.54, 1.807) is 0 Å². The van der Waals surface area contributed by atoms with Crippen LogP contribution in [0.25, 0.3) is 0 Å². The van der Waals surface area contributed by atoms with Crippen LogP contribution >= 0.6 is 0 Å². The van der Waals surface area contributed by atoms with Gasteiger partial charge in [0.25, 0.3) is 0 Å². The van der Waals surface area contributed by atoms with Gasteiger partial charge in [-0.2, -0.15) is 0 Å². The van der Waals surface area contributed by atoms with Crippen molar-refractivity contribution in [2.24, 2.45) is 4.99 Å². The molecule has 1 aliphatic rings. The fourth-order valence-corrected chi connectivity index (χ4v) is 4.27. The van der Waals surface area contributed by atoms with E-state index < -0.39 is 0 Å². The van der Waals surface area contributed by atoms with Crippen LogP contribution < -0.4 is 5.32 Å². The number of benzene rings is 1. The molecular formula is C24H38N6. The van der Waals surface area contributed by atoms with Crippen molar-refractivity contribution in [3.05, 3.63) is 54.1 Å². The third-order valence-electron chi connectivity index (χ3n) is 5.95. The number of unbranched alkanes of at least 4 members (excludes halogenated alkanes) is 1. The molecule has 0 bridgehead atoms. The molecule has 1 aromatic carbocycles. The summed E-state index contributed by atoms with van der Waals surface area (Å²) in [5.74, 6) is 2.16. The molecule has 164 valence electrons. The second-order valence-corrected chi connectivity index (χ2v) is 7.97. The molecule has 3 rings (SSSR count). The largest absolute Gasteiger partial charge is 0.357 e. The Morgan fingerprint density at radius 1 is 1.10 bits per heavy atom. The summed E-state index contributed by atoms with van der Waals surface area (Å²) in [6, 6.07) is 11.4. The van der Waals surface area contributed by atoms with E-state index in [0.29, 0.717) is 6.04 Å². The van der Waals surface area contributed by atoms with Crippen LogP contribution in [0.2, 0.25) is 0 Å². The zero-order valence-electron chi connectivity index (χ0n) is 18.9. The molecular weight excluding hydrogens is 372 g/mol. The predicted octanol–water partition coefficient (Wildman–Crippen LogP) is 3.71. The molecule has 0 amide bonds. The maximum atomic E-state index is 4.91.